The third kappa shape index (κ3) is 4.62. The number of nitrogens with zero attached hydrogens (tertiary/aromatic N) is 1. The Kier molecular flexibility index (Phi) is 5.49. The summed E-state index contributed by atoms with van der Waals surface area (Å²) in [5.41, 5.74) is 0.489. The Balaban J connectivity index is 2.04. The summed E-state index contributed by atoms with van der Waals surface area (Å²) in [6, 6.07) is 4.96. The summed E-state index contributed by atoms with van der Waals surface area (Å²) in [4.78, 5) is 11.6. The number of nitrogens with one attached hydrogen (secondary N) is 1. The Morgan fingerprint density at radius 2 is 2.13 bits per heavy atom. The molecule has 1 aromatic rings. The largest absolute Gasteiger partial charge is 0.454 e. The van der Waals surface area contributed by atoms with E-state index in [1.165, 1.54) is 4.31 Å². The number of benzene rings is 1. The predicted octanol–water partition coefficient (Wildman–Crippen LogP) is 1.26. The van der Waals surface area contributed by atoms with Gasteiger partial charge < -0.3 is 14.8 Å². The van der Waals surface area contributed by atoms with Gasteiger partial charge in [-0.05, 0) is 18.6 Å². The van der Waals surface area contributed by atoms with Crippen LogP contribution in [0.4, 0.5) is 5.69 Å². The third-order valence-corrected chi connectivity index (χ3v) is 4.45. The molecule has 1 aromatic carbocycles. The van der Waals surface area contributed by atoms with Gasteiger partial charge in [-0.15, -0.1) is 6.58 Å². The molecule has 0 aliphatic carbocycles. The van der Waals surface area contributed by atoms with Crippen LogP contribution in [0.1, 0.15) is 12.8 Å². The highest BCUT2D eigenvalue weighted by Crippen LogP contribution is 2.36. The van der Waals surface area contributed by atoms with Crippen LogP contribution in [0.3, 0.4) is 0 Å². The molecule has 1 aliphatic heterocycles. The van der Waals surface area contributed by atoms with E-state index < -0.39 is 10.0 Å². The molecule has 0 unspecified atom stereocenters. The normalized spacial score (nSPS) is 12.7. The molecule has 0 fully saturated rings. The Bertz CT molecular complexity index is 687. The third-order valence-electron chi connectivity index (χ3n) is 3.25. The fourth-order valence-electron chi connectivity index (χ4n) is 2.18. The minimum Gasteiger partial charge on any atom is -0.454 e. The first-order valence-corrected chi connectivity index (χ1v) is 9.01. The topological polar surface area (TPSA) is 84.9 Å². The number of sulfonamides is 1. The molecule has 0 radical (unpaired) electrons. The molecule has 1 aliphatic rings. The maximum Gasteiger partial charge on any atom is 0.232 e. The molecule has 2 rings (SSSR count). The first kappa shape index (κ1) is 17.1. The zero-order valence-corrected chi connectivity index (χ0v) is 13.8. The van der Waals surface area contributed by atoms with Gasteiger partial charge in [0.1, 0.15) is 0 Å². The number of carbonyl (C=O) groups is 1. The zero-order chi connectivity index (χ0) is 16.9. The molecule has 0 atom stereocenters. The van der Waals surface area contributed by atoms with Gasteiger partial charge in [0.25, 0.3) is 0 Å². The second-order valence-corrected chi connectivity index (χ2v) is 6.98. The van der Waals surface area contributed by atoms with Gasteiger partial charge in [0, 0.05) is 25.6 Å². The first-order valence-electron chi connectivity index (χ1n) is 7.17. The molecular weight excluding hydrogens is 320 g/mol. The highest BCUT2D eigenvalue weighted by Gasteiger charge is 2.21. The lowest BCUT2D eigenvalue weighted by Crippen LogP contribution is -2.32. The van der Waals surface area contributed by atoms with E-state index in [0.717, 1.165) is 6.26 Å². The summed E-state index contributed by atoms with van der Waals surface area (Å²) in [6.45, 7) is 4.25. The molecule has 0 aromatic heterocycles. The minimum absolute atomic E-state index is 0.126. The van der Waals surface area contributed by atoms with E-state index in [4.69, 9.17) is 9.47 Å². The number of ether oxygens (including phenoxy) is 2. The molecule has 23 heavy (non-hydrogen) atoms. The number of anilines is 1. The van der Waals surface area contributed by atoms with Crippen LogP contribution in [0.15, 0.2) is 30.9 Å². The van der Waals surface area contributed by atoms with Crippen molar-refractivity contribution in [3.05, 3.63) is 30.9 Å². The van der Waals surface area contributed by atoms with Gasteiger partial charge in [0.15, 0.2) is 11.5 Å². The summed E-state index contributed by atoms with van der Waals surface area (Å²) < 4.78 is 35.8. The van der Waals surface area contributed by atoms with Crippen molar-refractivity contribution in [2.24, 2.45) is 0 Å². The van der Waals surface area contributed by atoms with E-state index in [1.54, 1.807) is 24.3 Å². The van der Waals surface area contributed by atoms with E-state index in [2.05, 4.69) is 11.9 Å². The molecule has 1 amide bonds. The van der Waals surface area contributed by atoms with Crippen LogP contribution in [0.5, 0.6) is 11.5 Å². The van der Waals surface area contributed by atoms with Crippen LogP contribution in [0.2, 0.25) is 0 Å². The lowest BCUT2D eigenvalue weighted by Gasteiger charge is -2.22. The van der Waals surface area contributed by atoms with Crippen molar-refractivity contribution in [3.8, 4) is 11.5 Å². The van der Waals surface area contributed by atoms with Crippen LogP contribution in [-0.4, -0.2) is 40.5 Å². The maximum atomic E-state index is 12.0. The monoisotopic (exact) mass is 340 g/mol. The average Bonchev–Trinajstić information content (AvgIpc) is 2.95. The van der Waals surface area contributed by atoms with Crippen molar-refractivity contribution in [1.82, 2.24) is 5.32 Å². The van der Waals surface area contributed by atoms with E-state index >= 15 is 0 Å². The van der Waals surface area contributed by atoms with E-state index in [-0.39, 0.29) is 25.7 Å². The lowest BCUT2D eigenvalue weighted by molar-refractivity contribution is -0.120. The van der Waals surface area contributed by atoms with E-state index in [0.29, 0.717) is 30.2 Å². The number of amides is 1. The molecular formula is C15H20N2O5S. The van der Waals surface area contributed by atoms with E-state index in [1.807, 2.05) is 0 Å². The standard InChI is InChI=1S/C15H20N2O5S/c1-3-8-16-15(18)5-4-9-17(23(2,19)20)12-6-7-13-14(10-12)22-11-21-13/h3,6-7,10H,1,4-5,8-9,11H2,2H3,(H,16,18). The molecule has 8 heteroatoms. The molecule has 1 N–H and O–H groups in total. The van der Waals surface area contributed by atoms with Crippen molar-refractivity contribution in [2.45, 2.75) is 12.8 Å². The van der Waals surface area contributed by atoms with Crippen molar-refractivity contribution in [2.75, 3.05) is 30.4 Å². The molecule has 1 heterocycles. The van der Waals surface area contributed by atoms with Crippen LogP contribution in [0, 0.1) is 0 Å². The first-order chi connectivity index (χ1) is 10.9. The van der Waals surface area contributed by atoms with Crippen molar-refractivity contribution < 1.29 is 22.7 Å². The van der Waals surface area contributed by atoms with Gasteiger partial charge in [0.2, 0.25) is 22.7 Å². The molecule has 0 saturated heterocycles. The molecule has 0 spiro atoms. The van der Waals surface area contributed by atoms with Gasteiger partial charge >= 0.3 is 0 Å². The molecule has 7 nitrogen and oxygen atoms in total. The summed E-state index contributed by atoms with van der Waals surface area (Å²) in [7, 11) is -3.46. The van der Waals surface area contributed by atoms with Crippen molar-refractivity contribution >= 4 is 21.6 Å². The zero-order valence-electron chi connectivity index (χ0n) is 12.9. The van der Waals surface area contributed by atoms with Crippen LogP contribution >= 0.6 is 0 Å². The fraction of sp³-hybridized carbons (Fsp3) is 0.400. The fourth-order valence-corrected chi connectivity index (χ4v) is 3.14. The Morgan fingerprint density at radius 1 is 1.39 bits per heavy atom. The molecule has 0 saturated carbocycles. The second kappa shape index (κ2) is 7.36. The molecule has 0 bridgehead atoms. The molecule has 126 valence electrons. The Labute approximate surface area is 135 Å². The summed E-state index contributed by atoms with van der Waals surface area (Å²) in [5, 5.41) is 2.66. The number of hydrogen-bond donors (Lipinski definition) is 1. The number of hydrogen-bond acceptors (Lipinski definition) is 5. The van der Waals surface area contributed by atoms with Gasteiger partial charge in [-0.2, -0.15) is 0 Å². The lowest BCUT2D eigenvalue weighted by atomic mass is 10.2. The Morgan fingerprint density at radius 3 is 2.83 bits per heavy atom. The second-order valence-electron chi connectivity index (χ2n) is 5.07. The predicted molar refractivity (Wildman–Crippen MR) is 87.2 cm³/mol. The number of rotatable bonds is 8. The van der Waals surface area contributed by atoms with Gasteiger partial charge in [0.05, 0.1) is 11.9 Å². The summed E-state index contributed by atoms with van der Waals surface area (Å²) in [5.74, 6) is 0.968. The summed E-state index contributed by atoms with van der Waals surface area (Å²) >= 11 is 0. The van der Waals surface area contributed by atoms with Crippen LogP contribution in [0.25, 0.3) is 0 Å². The minimum atomic E-state index is -3.46. The van der Waals surface area contributed by atoms with Crippen molar-refractivity contribution in [3.63, 3.8) is 0 Å². The van der Waals surface area contributed by atoms with Gasteiger partial charge in [-0.3, -0.25) is 9.10 Å². The van der Waals surface area contributed by atoms with Gasteiger partial charge in [-0.25, -0.2) is 8.42 Å². The SMILES string of the molecule is C=CCNC(=O)CCCN(c1ccc2c(c1)OCO2)S(C)(=O)=O. The van der Waals surface area contributed by atoms with Crippen LogP contribution in [-0.2, 0) is 14.8 Å². The summed E-state index contributed by atoms with van der Waals surface area (Å²) in [6.07, 6.45) is 3.37. The smallest absolute Gasteiger partial charge is 0.232 e. The highest BCUT2D eigenvalue weighted by molar-refractivity contribution is 7.92. The van der Waals surface area contributed by atoms with Crippen molar-refractivity contribution in [1.29, 1.82) is 0 Å². The average molecular weight is 340 g/mol. The Hall–Kier alpha value is -2.22. The maximum absolute atomic E-state index is 12.0. The number of carbonyl (C=O) groups excluding carboxylic acids is 1. The van der Waals surface area contributed by atoms with Gasteiger partial charge in [-0.1, -0.05) is 6.08 Å². The highest BCUT2D eigenvalue weighted by atomic mass is 32.2. The van der Waals surface area contributed by atoms with E-state index in [9.17, 15) is 13.2 Å². The number of fused-ring (bicyclic) bond motifs is 1. The van der Waals surface area contributed by atoms with Crippen LogP contribution < -0.4 is 19.1 Å². The quantitative estimate of drug-likeness (QED) is 0.720.